The minimum Gasteiger partial charge on any atom is -0.372 e. The summed E-state index contributed by atoms with van der Waals surface area (Å²) in [4.78, 5) is 18.4. The molecule has 110 valence electrons. The number of rotatable bonds is 5. The number of anilines is 1. The summed E-state index contributed by atoms with van der Waals surface area (Å²) in [6.45, 7) is 4.78. The molecule has 0 radical (unpaired) electrons. The zero-order valence-electron chi connectivity index (χ0n) is 11.9. The lowest BCUT2D eigenvalue weighted by molar-refractivity contribution is 0.0941. The van der Waals surface area contributed by atoms with Gasteiger partial charge in [0.1, 0.15) is 11.6 Å². The number of carbonyl (C=O) groups is 1. The van der Waals surface area contributed by atoms with Crippen molar-refractivity contribution in [2.75, 3.05) is 32.0 Å². The third kappa shape index (κ3) is 3.25. The molecule has 1 aliphatic rings. The molecule has 2 N–H and O–H groups in total. The van der Waals surface area contributed by atoms with Gasteiger partial charge < -0.3 is 10.6 Å². The van der Waals surface area contributed by atoms with Crippen LogP contribution in [0.4, 0.5) is 10.2 Å². The first-order valence-electron chi connectivity index (χ1n) is 7.01. The Morgan fingerprint density at radius 2 is 2.40 bits per heavy atom. The molecule has 5 nitrogen and oxygen atoms in total. The first-order valence-corrected chi connectivity index (χ1v) is 7.01. The standard InChI is InChI=1S/C14H21FN4O/c1-3-19-6-4-5-11(19)9-18-14(20)12-7-10(15)8-17-13(12)16-2/h7-8,11H,3-6,9H2,1-2H3,(H,16,17)(H,18,20). The van der Waals surface area contributed by atoms with Crippen LogP contribution in [0, 0.1) is 5.82 Å². The average molecular weight is 280 g/mol. The average Bonchev–Trinajstić information content (AvgIpc) is 2.92. The van der Waals surface area contributed by atoms with E-state index in [0.717, 1.165) is 32.1 Å². The fourth-order valence-electron chi connectivity index (χ4n) is 2.66. The van der Waals surface area contributed by atoms with Gasteiger partial charge in [-0.15, -0.1) is 0 Å². The number of amides is 1. The molecule has 1 saturated heterocycles. The number of nitrogens with one attached hydrogen (secondary N) is 2. The van der Waals surface area contributed by atoms with E-state index in [9.17, 15) is 9.18 Å². The Balaban J connectivity index is 2.00. The van der Waals surface area contributed by atoms with Gasteiger partial charge in [0, 0.05) is 19.6 Å². The summed E-state index contributed by atoms with van der Waals surface area (Å²) in [5, 5.41) is 5.68. The SMILES string of the molecule is CCN1CCCC1CNC(=O)c1cc(F)cnc1NC. The summed E-state index contributed by atoms with van der Waals surface area (Å²) in [6.07, 6.45) is 3.35. The summed E-state index contributed by atoms with van der Waals surface area (Å²) < 4.78 is 13.2. The molecule has 1 fully saturated rings. The van der Waals surface area contributed by atoms with Crippen molar-refractivity contribution >= 4 is 11.7 Å². The van der Waals surface area contributed by atoms with E-state index >= 15 is 0 Å². The van der Waals surface area contributed by atoms with Crippen molar-refractivity contribution in [3.8, 4) is 0 Å². The Hall–Kier alpha value is -1.69. The molecular formula is C14H21FN4O. The van der Waals surface area contributed by atoms with Crippen molar-refractivity contribution < 1.29 is 9.18 Å². The molecule has 1 unspecified atom stereocenters. The van der Waals surface area contributed by atoms with Crippen LogP contribution in [0.5, 0.6) is 0 Å². The molecule has 0 spiro atoms. The maximum Gasteiger partial charge on any atom is 0.255 e. The zero-order valence-corrected chi connectivity index (χ0v) is 11.9. The zero-order chi connectivity index (χ0) is 14.5. The van der Waals surface area contributed by atoms with Gasteiger partial charge in [-0.3, -0.25) is 9.69 Å². The van der Waals surface area contributed by atoms with Crippen molar-refractivity contribution in [3.63, 3.8) is 0 Å². The van der Waals surface area contributed by atoms with Gasteiger partial charge in [-0.05, 0) is 32.0 Å². The third-order valence-corrected chi connectivity index (χ3v) is 3.74. The number of hydrogen-bond acceptors (Lipinski definition) is 4. The topological polar surface area (TPSA) is 57.3 Å². The van der Waals surface area contributed by atoms with Gasteiger partial charge in [-0.2, -0.15) is 0 Å². The van der Waals surface area contributed by atoms with Crippen LogP contribution in [-0.2, 0) is 0 Å². The lowest BCUT2D eigenvalue weighted by Crippen LogP contribution is -2.40. The number of nitrogens with zero attached hydrogens (tertiary/aromatic N) is 2. The molecule has 0 bridgehead atoms. The van der Waals surface area contributed by atoms with Gasteiger partial charge in [0.05, 0.1) is 11.8 Å². The highest BCUT2D eigenvalue weighted by Gasteiger charge is 2.23. The molecule has 20 heavy (non-hydrogen) atoms. The molecule has 1 atom stereocenters. The Bertz CT molecular complexity index is 480. The first kappa shape index (κ1) is 14.7. The number of hydrogen-bond donors (Lipinski definition) is 2. The summed E-state index contributed by atoms with van der Waals surface area (Å²) >= 11 is 0. The summed E-state index contributed by atoms with van der Waals surface area (Å²) in [5.74, 6) is -0.405. The molecule has 1 aliphatic heterocycles. The fourth-order valence-corrected chi connectivity index (χ4v) is 2.66. The molecule has 1 amide bonds. The van der Waals surface area contributed by atoms with E-state index in [1.165, 1.54) is 6.07 Å². The van der Waals surface area contributed by atoms with Crippen molar-refractivity contribution in [3.05, 3.63) is 23.6 Å². The van der Waals surface area contributed by atoms with Gasteiger partial charge in [0.15, 0.2) is 0 Å². The maximum atomic E-state index is 13.2. The number of likely N-dealkylation sites (N-methyl/N-ethyl adjacent to an activating group) is 1. The minimum absolute atomic E-state index is 0.244. The Kier molecular flexibility index (Phi) is 4.89. The van der Waals surface area contributed by atoms with E-state index in [2.05, 4.69) is 27.4 Å². The second-order valence-corrected chi connectivity index (χ2v) is 4.93. The van der Waals surface area contributed by atoms with Crippen molar-refractivity contribution in [2.24, 2.45) is 0 Å². The molecule has 0 aromatic carbocycles. The summed E-state index contributed by atoms with van der Waals surface area (Å²) in [6, 6.07) is 1.59. The van der Waals surface area contributed by atoms with E-state index in [0.29, 0.717) is 18.4 Å². The van der Waals surface area contributed by atoms with Crippen LogP contribution in [-0.4, -0.2) is 48.5 Å². The van der Waals surface area contributed by atoms with E-state index in [1.54, 1.807) is 7.05 Å². The quantitative estimate of drug-likeness (QED) is 0.857. The van der Waals surface area contributed by atoms with Gasteiger partial charge >= 0.3 is 0 Å². The van der Waals surface area contributed by atoms with Crippen LogP contribution in [0.15, 0.2) is 12.3 Å². The number of carbonyl (C=O) groups excluding carboxylic acids is 1. The highest BCUT2D eigenvalue weighted by Crippen LogP contribution is 2.17. The smallest absolute Gasteiger partial charge is 0.255 e. The second kappa shape index (κ2) is 6.65. The van der Waals surface area contributed by atoms with Crippen LogP contribution in [0.2, 0.25) is 0 Å². The van der Waals surface area contributed by atoms with Crippen LogP contribution in [0.25, 0.3) is 0 Å². The van der Waals surface area contributed by atoms with E-state index in [-0.39, 0.29) is 11.5 Å². The lowest BCUT2D eigenvalue weighted by atomic mass is 10.2. The van der Waals surface area contributed by atoms with E-state index in [4.69, 9.17) is 0 Å². The number of pyridine rings is 1. The van der Waals surface area contributed by atoms with Crippen LogP contribution < -0.4 is 10.6 Å². The monoisotopic (exact) mass is 280 g/mol. The van der Waals surface area contributed by atoms with Crippen LogP contribution >= 0.6 is 0 Å². The number of halogens is 1. The van der Waals surface area contributed by atoms with Gasteiger partial charge in [-0.25, -0.2) is 9.37 Å². The molecular weight excluding hydrogens is 259 g/mol. The first-order chi connectivity index (χ1) is 9.65. The molecule has 0 saturated carbocycles. The predicted octanol–water partition coefficient (Wildman–Crippen LogP) is 1.48. The number of likely N-dealkylation sites (tertiary alicyclic amines) is 1. The fraction of sp³-hybridized carbons (Fsp3) is 0.571. The van der Waals surface area contributed by atoms with E-state index < -0.39 is 5.82 Å². The molecule has 2 heterocycles. The largest absolute Gasteiger partial charge is 0.372 e. The predicted molar refractivity (Wildman–Crippen MR) is 76.3 cm³/mol. The molecule has 2 rings (SSSR count). The van der Waals surface area contributed by atoms with E-state index in [1.807, 2.05) is 0 Å². The minimum atomic E-state index is -0.509. The van der Waals surface area contributed by atoms with Crippen molar-refractivity contribution in [1.82, 2.24) is 15.2 Å². The third-order valence-electron chi connectivity index (χ3n) is 3.74. The normalized spacial score (nSPS) is 19.1. The summed E-state index contributed by atoms with van der Waals surface area (Å²) in [7, 11) is 1.66. The van der Waals surface area contributed by atoms with Gasteiger partial charge in [-0.1, -0.05) is 6.92 Å². The van der Waals surface area contributed by atoms with Crippen molar-refractivity contribution in [2.45, 2.75) is 25.8 Å². The maximum absolute atomic E-state index is 13.2. The summed E-state index contributed by atoms with van der Waals surface area (Å²) in [5.41, 5.74) is 0.244. The molecule has 1 aromatic rings. The van der Waals surface area contributed by atoms with Gasteiger partial charge in [0.25, 0.3) is 5.91 Å². The Labute approximate surface area is 118 Å². The molecule has 0 aliphatic carbocycles. The Morgan fingerprint density at radius 3 is 3.10 bits per heavy atom. The molecule has 1 aromatic heterocycles. The van der Waals surface area contributed by atoms with Crippen LogP contribution in [0.3, 0.4) is 0 Å². The van der Waals surface area contributed by atoms with Crippen LogP contribution in [0.1, 0.15) is 30.1 Å². The lowest BCUT2D eigenvalue weighted by Gasteiger charge is -2.23. The highest BCUT2D eigenvalue weighted by atomic mass is 19.1. The van der Waals surface area contributed by atoms with Gasteiger partial charge in [0.2, 0.25) is 0 Å². The molecule has 6 heteroatoms. The van der Waals surface area contributed by atoms with Crippen molar-refractivity contribution in [1.29, 1.82) is 0 Å². The number of aromatic nitrogens is 1. The Morgan fingerprint density at radius 1 is 1.60 bits per heavy atom. The highest BCUT2D eigenvalue weighted by molar-refractivity contribution is 5.98. The second-order valence-electron chi connectivity index (χ2n) is 4.93.